The van der Waals surface area contributed by atoms with Crippen molar-refractivity contribution in [2.24, 2.45) is 5.92 Å². The van der Waals surface area contributed by atoms with Gasteiger partial charge in [-0.3, -0.25) is 4.79 Å². The highest BCUT2D eigenvalue weighted by Crippen LogP contribution is 2.21. The fraction of sp³-hybridized carbons (Fsp3) is 0.333. The molecular formula is C12H13ClN2O3. The summed E-state index contributed by atoms with van der Waals surface area (Å²) in [7, 11) is 0. The highest BCUT2D eigenvalue weighted by Gasteiger charge is 2.21. The number of halogens is 1. The summed E-state index contributed by atoms with van der Waals surface area (Å²) in [5.74, 6) is -0.949. The molecule has 0 unspecified atom stereocenters. The van der Waals surface area contributed by atoms with Crippen LogP contribution in [0, 0.1) is 5.92 Å². The van der Waals surface area contributed by atoms with Crippen molar-refractivity contribution >= 4 is 29.2 Å². The zero-order valence-corrected chi connectivity index (χ0v) is 10.3. The van der Waals surface area contributed by atoms with Gasteiger partial charge in [-0.1, -0.05) is 11.6 Å². The Morgan fingerprint density at radius 3 is 2.72 bits per heavy atom. The molecule has 1 amide bonds. The maximum atomic E-state index is 11.7. The lowest BCUT2D eigenvalue weighted by atomic mass is 9.99. The number of anilines is 1. The molecule has 1 saturated heterocycles. The van der Waals surface area contributed by atoms with Gasteiger partial charge in [-0.15, -0.1) is 0 Å². The van der Waals surface area contributed by atoms with Gasteiger partial charge in [-0.2, -0.15) is 0 Å². The van der Waals surface area contributed by atoms with E-state index in [1.807, 2.05) is 0 Å². The summed E-state index contributed by atoms with van der Waals surface area (Å²) < 4.78 is 0. The maximum Gasteiger partial charge on any atom is 0.337 e. The molecule has 0 radical (unpaired) electrons. The molecule has 1 aromatic carbocycles. The lowest BCUT2D eigenvalue weighted by Crippen LogP contribution is -2.43. The molecule has 0 atom stereocenters. The third kappa shape index (κ3) is 3.00. The average Bonchev–Trinajstić information content (AvgIpc) is 2.26. The Labute approximate surface area is 109 Å². The minimum absolute atomic E-state index is 0.00239. The first-order valence-electron chi connectivity index (χ1n) is 5.59. The number of carboxylic acids is 1. The Balaban J connectivity index is 2.07. The van der Waals surface area contributed by atoms with E-state index in [1.165, 1.54) is 12.1 Å². The molecule has 1 aromatic rings. The molecule has 18 heavy (non-hydrogen) atoms. The molecular weight excluding hydrogens is 256 g/mol. The molecule has 1 heterocycles. The number of carboxylic acid groups (broad SMARTS) is 1. The summed E-state index contributed by atoms with van der Waals surface area (Å²) in [5.41, 5.74) is 0.284. The maximum absolute atomic E-state index is 11.7. The largest absolute Gasteiger partial charge is 0.478 e. The monoisotopic (exact) mass is 268 g/mol. The van der Waals surface area contributed by atoms with Crippen LogP contribution >= 0.6 is 11.6 Å². The highest BCUT2D eigenvalue weighted by molar-refractivity contribution is 6.31. The van der Waals surface area contributed by atoms with Crippen molar-refractivity contribution in [3.05, 3.63) is 28.8 Å². The molecule has 6 heteroatoms. The Kier molecular flexibility index (Phi) is 3.84. The van der Waals surface area contributed by atoms with Gasteiger partial charge in [0.15, 0.2) is 0 Å². The van der Waals surface area contributed by atoms with Crippen molar-refractivity contribution in [2.75, 3.05) is 18.4 Å². The van der Waals surface area contributed by atoms with Crippen LogP contribution < -0.4 is 10.6 Å². The van der Waals surface area contributed by atoms with E-state index >= 15 is 0 Å². The Hall–Kier alpha value is -1.59. The molecule has 0 aliphatic carbocycles. The van der Waals surface area contributed by atoms with E-state index in [1.54, 1.807) is 6.07 Å². The lowest BCUT2D eigenvalue weighted by molar-refractivity contribution is -0.117. The van der Waals surface area contributed by atoms with Crippen LogP contribution in [0.3, 0.4) is 0 Å². The van der Waals surface area contributed by atoms with E-state index in [0.29, 0.717) is 17.4 Å². The standard InChI is InChI=1S/C12H13ClN2O3/c13-8-1-2-10(9(4-8)12(17)18)15-11(16)3-7-5-14-6-7/h1-2,4,7,14H,3,5-6H2,(H,15,16)(H,17,18). The van der Waals surface area contributed by atoms with Gasteiger partial charge in [0.2, 0.25) is 5.91 Å². The molecule has 1 fully saturated rings. The van der Waals surface area contributed by atoms with E-state index in [9.17, 15) is 9.59 Å². The van der Waals surface area contributed by atoms with E-state index in [0.717, 1.165) is 13.1 Å². The van der Waals surface area contributed by atoms with Crippen LogP contribution in [0.25, 0.3) is 0 Å². The highest BCUT2D eigenvalue weighted by atomic mass is 35.5. The molecule has 0 aromatic heterocycles. The van der Waals surface area contributed by atoms with Gasteiger partial charge < -0.3 is 15.7 Å². The smallest absolute Gasteiger partial charge is 0.337 e. The van der Waals surface area contributed by atoms with Crippen molar-refractivity contribution in [3.8, 4) is 0 Å². The number of carbonyl (C=O) groups is 2. The Morgan fingerprint density at radius 1 is 1.44 bits per heavy atom. The van der Waals surface area contributed by atoms with E-state index in [4.69, 9.17) is 16.7 Å². The number of amides is 1. The minimum atomic E-state index is -1.11. The predicted octanol–water partition coefficient (Wildman–Crippen LogP) is 1.59. The summed E-state index contributed by atoms with van der Waals surface area (Å²) in [5, 5.41) is 15.0. The fourth-order valence-corrected chi connectivity index (χ4v) is 1.93. The second-order valence-electron chi connectivity index (χ2n) is 4.27. The van der Waals surface area contributed by atoms with Crippen molar-refractivity contribution in [1.29, 1.82) is 0 Å². The molecule has 0 bridgehead atoms. The number of benzene rings is 1. The topological polar surface area (TPSA) is 78.4 Å². The van der Waals surface area contributed by atoms with Crippen molar-refractivity contribution in [3.63, 3.8) is 0 Å². The van der Waals surface area contributed by atoms with E-state index in [2.05, 4.69) is 10.6 Å². The molecule has 2 rings (SSSR count). The van der Waals surface area contributed by atoms with Gasteiger partial charge in [0, 0.05) is 11.4 Å². The quantitative estimate of drug-likeness (QED) is 0.775. The first-order chi connectivity index (χ1) is 8.56. The van der Waals surface area contributed by atoms with E-state index in [-0.39, 0.29) is 17.2 Å². The summed E-state index contributed by atoms with van der Waals surface area (Å²) in [6, 6.07) is 4.38. The van der Waals surface area contributed by atoms with Gasteiger partial charge in [0.05, 0.1) is 11.3 Å². The summed E-state index contributed by atoms with van der Waals surface area (Å²) in [4.78, 5) is 22.7. The molecule has 1 aliphatic heterocycles. The van der Waals surface area contributed by atoms with Gasteiger partial charge >= 0.3 is 5.97 Å². The van der Waals surface area contributed by atoms with Gasteiger partial charge in [0.25, 0.3) is 0 Å². The van der Waals surface area contributed by atoms with Crippen LogP contribution in [0.5, 0.6) is 0 Å². The molecule has 0 spiro atoms. The minimum Gasteiger partial charge on any atom is -0.478 e. The number of hydrogen-bond donors (Lipinski definition) is 3. The van der Waals surface area contributed by atoms with Crippen LogP contribution in [0.4, 0.5) is 5.69 Å². The second-order valence-corrected chi connectivity index (χ2v) is 4.71. The van der Waals surface area contributed by atoms with Crippen LogP contribution in [-0.2, 0) is 4.79 Å². The number of aromatic carboxylic acids is 1. The predicted molar refractivity (Wildman–Crippen MR) is 68.0 cm³/mol. The SMILES string of the molecule is O=C(CC1CNC1)Nc1ccc(Cl)cc1C(=O)O. The van der Waals surface area contributed by atoms with Crippen LogP contribution in [0.2, 0.25) is 5.02 Å². The molecule has 1 aliphatic rings. The van der Waals surface area contributed by atoms with Crippen LogP contribution in [-0.4, -0.2) is 30.1 Å². The van der Waals surface area contributed by atoms with Crippen molar-refractivity contribution in [1.82, 2.24) is 5.32 Å². The third-order valence-corrected chi connectivity index (χ3v) is 3.06. The third-order valence-electron chi connectivity index (χ3n) is 2.83. The zero-order valence-electron chi connectivity index (χ0n) is 9.57. The van der Waals surface area contributed by atoms with E-state index < -0.39 is 5.97 Å². The number of carbonyl (C=O) groups excluding carboxylic acids is 1. The molecule has 5 nitrogen and oxygen atoms in total. The summed E-state index contributed by atoms with van der Waals surface area (Å²) in [6.45, 7) is 1.67. The molecule has 0 saturated carbocycles. The van der Waals surface area contributed by atoms with Crippen LogP contribution in [0.15, 0.2) is 18.2 Å². The summed E-state index contributed by atoms with van der Waals surface area (Å²) in [6.07, 6.45) is 0.398. The zero-order chi connectivity index (χ0) is 13.1. The first kappa shape index (κ1) is 12.9. The summed E-state index contributed by atoms with van der Waals surface area (Å²) >= 11 is 5.73. The van der Waals surface area contributed by atoms with Gasteiger partial charge in [-0.05, 0) is 37.2 Å². The second kappa shape index (κ2) is 5.37. The number of nitrogens with one attached hydrogen (secondary N) is 2. The normalized spacial score (nSPS) is 14.9. The number of hydrogen-bond acceptors (Lipinski definition) is 3. The fourth-order valence-electron chi connectivity index (χ4n) is 1.76. The Bertz CT molecular complexity index is 486. The van der Waals surface area contributed by atoms with Crippen LogP contribution in [0.1, 0.15) is 16.8 Å². The Morgan fingerprint density at radius 2 is 2.17 bits per heavy atom. The molecule has 3 N–H and O–H groups in total. The van der Waals surface area contributed by atoms with Crippen molar-refractivity contribution < 1.29 is 14.7 Å². The number of rotatable bonds is 4. The van der Waals surface area contributed by atoms with Gasteiger partial charge in [0.1, 0.15) is 0 Å². The van der Waals surface area contributed by atoms with Crippen molar-refractivity contribution in [2.45, 2.75) is 6.42 Å². The first-order valence-corrected chi connectivity index (χ1v) is 5.97. The lowest BCUT2D eigenvalue weighted by Gasteiger charge is -2.26. The van der Waals surface area contributed by atoms with Gasteiger partial charge in [-0.25, -0.2) is 4.79 Å². The average molecular weight is 269 g/mol. The molecule has 96 valence electrons.